The number of hydrogen-bond acceptors (Lipinski definition) is 3. The van der Waals surface area contributed by atoms with Gasteiger partial charge in [0.25, 0.3) is 0 Å². The number of halogens is 3. The van der Waals surface area contributed by atoms with Crippen molar-refractivity contribution in [1.82, 2.24) is 0 Å². The van der Waals surface area contributed by atoms with E-state index in [0.29, 0.717) is 0 Å². The molecule has 0 heterocycles. The quantitative estimate of drug-likeness (QED) is 0.816. The molecular weight excluding hydrogens is 316 g/mol. The molecule has 3 N–H and O–H groups in total. The minimum absolute atomic E-state index is 0.0398. The van der Waals surface area contributed by atoms with Crippen LogP contribution in [0.4, 0.5) is 8.78 Å². The monoisotopic (exact) mass is 325 g/mol. The fourth-order valence-electron chi connectivity index (χ4n) is 1.06. The Morgan fingerprint density at radius 2 is 2.18 bits per heavy atom. The summed E-state index contributed by atoms with van der Waals surface area (Å²) in [7, 11) is 0. The van der Waals surface area contributed by atoms with Gasteiger partial charge in [-0.25, -0.2) is 8.78 Å². The van der Waals surface area contributed by atoms with Gasteiger partial charge in [-0.15, -0.1) is 0 Å². The van der Waals surface area contributed by atoms with E-state index in [1.165, 1.54) is 6.07 Å². The molecule has 0 unspecified atom stereocenters. The minimum atomic E-state index is -1.13. The summed E-state index contributed by atoms with van der Waals surface area (Å²) in [6, 6.07) is 1.40. The molecule has 0 fully saturated rings. The molecule has 0 aliphatic heterocycles. The smallest absolute Gasteiger partial charge is 0.321 e. The van der Waals surface area contributed by atoms with Crippen LogP contribution in [0.15, 0.2) is 16.6 Å². The molecular formula is C10H10BrF2NO2S. The number of aliphatic carboxylic acids is 1. The van der Waals surface area contributed by atoms with E-state index in [9.17, 15) is 13.6 Å². The first-order valence-corrected chi connectivity index (χ1v) is 6.56. The predicted molar refractivity (Wildman–Crippen MR) is 65.8 cm³/mol. The van der Waals surface area contributed by atoms with E-state index < -0.39 is 23.6 Å². The number of benzene rings is 1. The number of carboxylic acid groups (broad SMARTS) is 1. The zero-order chi connectivity index (χ0) is 13.0. The predicted octanol–water partition coefficient (Wildman–Crippen LogP) is 2.37. The highest BCUT2D eigenvalue weighted by molar-refractivity contribution is 9.10. The Bertz CT molecular complexity index is 431. The fourth-order valence-corrected chi connectivity index (χ4v) is 2.42. The number of rotatable bonds is 5. The van der Waals surface area contributed by atoms with Gasteiger partial charge in [-0.3, -0.25) is 4.79 Å². The molecule has 1 aromatic rings. The first kappa shape index (κ1) is 14.4. The maximum atomic E-state index is 13.5. The van der Waals surface area contributed by atoms with E-state index in [1.54, 1.807) is 0 Å². The van der Waals surface area contributed by atoms with Crippen LogP contribution in [0, 0.1) is 11.6 Å². The summed E-state index contributed by atoms with van der Waals surface area (Å²) in [6.07, 6.45) is 0. The van der Waals surface area contributed by atoms with Crippen molar-refractivity contribution in [3.8, 4) is 0 Å². The zero-order valence-corrected chi connectivity index (χ0v) is 11.0. The molecule has 3 nitrogen and oxygen atoms in total. The second-order valence-electron chi connectivity index (χ2n) is 3.28. The highest BCUT2D eigenvalue weighted by Gasteiger charge is 2.15. The molecule has 0 saturated heterocycles. The van der Waals surface area contributed by atoms with Crippen LogP contribution in [0.5, 0.6) is 0 Å². The van der Waals surface area contributed by atoms with Crippen molar-refractivity contribution in [2.24, 2.45) is 5.73 Å². The summed E-state index contributed by atoms with van der Waals surface area (Å²) >= 11 is 4.03. The van der Waals surface area contributed by atoms with Crippen molar-refractivity contribution in [3.63, 3.8) is 0 Å². The molecule has 0 saturated carbocycles. The summed E-state index contributed by atoms with van der Waals surface area (Å²) in [5.41, 5.74) is 5.19. The van der Waals surface area contributed by atoms with Gasteiger partial charge in [0, 0.05) is 17.1 Å². The second kappa shape index (κ2) is 6.32. The Kier molecular flexibility index (Phi) is 5.35. The van der Waals surface area contributed by atoms with Crippen molar-refractivity contribution in [1.29, 1.82) is 0 Å². The summed E-state index contributed by atoms with van der Waals surface area (Å²) in [5, 5.41) is 8.54. The van der Waals surface area contributed by atoms with Crippen molar-refractivity contribution in [2.45, 2.75) is 11.8 Å². The third kappa shape index (κ3) is 3.93. The van der Waals surface area contributed by atoms with Crippen LogP contribution in [0.2, 0.25) is 0 Å². The lowest BCUT2D eigenvalue weighted by atomic mass is 10.2. The summed E-state index contributed by atoms with van der Waals surface area (Å²) < 4.78 is 27.0. The van der Waals surface area contributed by atoms with Crippen LogP contribution >= 0.6 is 27.7 Å². The summed E-state index contributed by atoms with van der Waals surface area (Å²) in [5.74, 6) is -2.31. The largest absolute Gasteiger partial charge is 0.480 e. The Labute approximate surface area is 110 Å². The normalized spacial score (nSPS) is 12.5. The second-order valence-corrected chi connectivity index (χ2v) is 5.17. The van der Waals surface area contributed by atoms with E-state index in [2.05, 4.69) is 15.9 Å². The van der Waals surface area contributed by atoms with Crippen molar-refractivity contribution in [3.05, 3.63) is 33.8 Å². The van der Waals surface area contributed by atoms with Gasteiger partial charge in [0.05, 0.1) is 4.47 Å². The van der Waals surface area contributed by atoms with E-state index >= 15 is 0 Å². The first-order chi connectivity index (χ1) is 7.93. The summed E-state index contributed by atoms with van der Waals surface area (Å²) in [4.78, 5) is 10.4. The van der Waals surface area contributed by atoms with Gasteiger partial charge >= 0.3 is 5.97 Å². The van der Waals surface area contributed by atoms with Crippen LogP contribution in [0.1, 0.15) is 5.56 Å². The van der Waals surface area contributed by atoms with Gasteiger partial charge in [0.1, 0.15) is 17.7 Å². The molecule has 0 amide bonds. The Hall–Kier alpha value is -0.660. The van der Waals surface area contributed by atoms with E-state index in [1.807, 2.05) is 0 Å². The van der Waals surface area contributed by atoms with Crippen molar-refractivity contribution in [2.75, 3.05) is 5.75 Å². The molecule has 0 aliphatic rings. The fraction of sp³-hybridized carbons (Fsp3) is 0.300. The average Bonchev–Trinajstić information content (AvgIpc) is 2.28. The third-order valence-electron chi connectivity index (χ3n) is 2.00. The number of carboxylic acids is 1. The topological polar surface area (TPSA) is 63.3 Å². The Morgan fingerprint density at radius 3 is 2.76 bits per heavy atom. The molecule has 94 valence electrons. The molecule has 0 aliphatic carbocycles. The lowest BCUT2D eigenvalue weighted by Gasteiger charge is -2.08. The molecule has 0 aromatic heterocycles. The van der Waals surface area contributed by atoms with Gasteiger partial charge in [0.2, 0.25) is 0 Å². The number of hydrogen-bond donors (Lipinski definition) is 2. The molecule has 1 atom stereocenters. The maximum Gasteiger partial charge on any atom is 0.321 e. The van der Waals surface area contributed by atoms with Crippen LogP contribution in [0.3, 0.4) is 0 Å². The SMILES string of the molecule is N[C@H](CSCc1c(F)ccc(Br)c1F)C(=O)O. The van der Waals surface area contributed by atoms with Crippen LogP contribution in [-0.2, 0) is 10.5 Å². The van der Waals surface area contributed by atoms with Gasteiger partial charge in [-0.1, -0.05) is 0 Å². The Morgan fingerprint density at radius 1 is 1.53 bits per heavy atom. The van der Waals surface area contributed by atoms with Gasteiger partial charge < -0.3 is 10.8 Å². The Balaban J connectivity index is 2.64. The highest BCUT2D eigenvalue weighted by Crippen LogP contribution is 2.25. The third-order valence-corrected chi connectivity index (χ3v) is 3.70. The van der Waals surface area contributed by atoms with E-state index in [4.69, 9.17) is 10.8 Å². The van der Waals surface area contributed by atoms with Crippen LogP contribution in [-0.4, -0.2) is 22.9 Å². The molecule has 0 bridgehead atoms. The standard InChI is InChI=1S/C10H10BrF2NO2S/c11-6-1-2-7(12)5(9(6)13)3-17-4-8(14)10(15)16/h1-2,8H,3-4,14H2,(H,15,16)/t8-/m1/s1. The zero-order valence-electron chi connectivity index (χ0n) is 8.62. The van der Waals surface area contributed by atoms with Crippen LogP contribution < -0.4 is 5.73 Å². The first-order valence-electron chi connectivity index (χ1n) is 4.62. The molecule has 7 heteroatoms. The lowest BCUT2D eigenvalue weighted by molar-refractivity contribution is -0.137. The van der Waals surface area contributed by atoms with Gasteiger partial charge in [-0.05, 0) is 28.1 Å². The van der Waals surface area contributed by atoms with Crippen molar-refractivity contribution >= 4 is 33.7 Å². The lowest BCUT2D eigenvalue weighted by Crippen LogP contribution is -2.32. The molecule has 1 rings (SSSR count). The highest BCUT2D eigenvalue weighted by atomic mass is 79.9. The minimum Gasteiger partial charge on any atom is -0.480 e. The van der Waals surface area contributed by atoms with E-state index in [-0.39, 0.29) is 21.5 Å². The molecule has 17 heavy (non-hydrogen) atoms. The van der Waals surface area contributed by atoms with Crippen LogP contribution in [0.25, 0.3) is 0 Å². The maximum absolute atomic E-state index is 13.5. The number of carbonyl (C=O) groups is 1. The van der Waals surface area contributed by atoms with Gasteiger partial charge in [0.15, 0.2) is 0 Å². The van der Waals surface area contributed by atoms with Gasteiger partial charge in [-0.2, -0.15) is 11.8 Å². The average molecular weight is 326 g/mol. The number of thioether (sulfide) groups is 1. The molecule has 1 aromatic carbocycles. The molecule has 0 spiro atoms. The van der Waals surface area contributed by atoms with Crippen molar-refractivity contribution < 1.29 is 18.7 Å². The molecule has 0 radical (unpaired) electrons. The van der Waals surface area contributed by atoms with E-state index in [0.717, 1.165) is 17.8 Å². The number of nitrogens with two attached hydrogens (primary N) is 1. The summed E-state index contributed by atoms with van der Waals surface area (Å²) in [6.45, 7) is 0.